The molecule has 0 aliphatic carbocycles. The first-order chi connectivity index (χ1) is 12.8. The number of nitrogens with one attached hydrogen (secondary N) is 2. The molecule has 152 valence electrons. The van der Waals surface area contributed by atoms with Crippen LogP contribution in [0.3, 0.4) is 0 Å². The number of hydrogen-bond acceptors (Lipinski definition) is 6. The van der Waals surface area contributed by atoms with Crippen LogP contribution in [0.5, 0.6) is 0 Å². The summed E-state index contributed by atoms with van der Waals surface area (Å²) in [6.07, 6.45) is -0.513. The highest BCUT2D eigenvalue weighted by atomic mass is 32.2. The minimum absolute atomic E-state index is 0.0419. The van der Waals surface area contributed by atoms with Gasteiger partial charge in [0, 0.05) is 23.7 Å². The van der Waals surface area contributed by atoms with Gasteiger partial charge in [0.1, 0.15) is 0 Å². The van der Waals surface area contributed by atoms with Gasteiger partial charge in [0.2, 0.25) is 0 Å². The Hall–Kier alpha value is -1.84. The normalized spacial score (nSPS) is 13.5. The number of nitrogens with zero attached hydrogens (tertiary/aromatic N) is 1. The van der Waals surface area contributed by atoms with Gasteiger partial charge in [-0.05, 0) is 36.2 Å². The van der Waals surface area contributed by atoms with Gasteiger partial charge in [-0.2, -0.15) is 13.2 Å². The second-order valence-corrected chi connectivity index (χ2v) is 7.05. The Kier molecular flexibility index (Phi) is 10.1. The Morgan fingerprint density at radius 3 is 2.63 bits per heavy atom. The maximum Gasteiger partial charge on any atom is 0.393 e. The molecular formula is C18H28F3N5S. The lowest BCUT2D eigenvalue weighted by molar-refractivity contribution is -0.127. The number of rotatable bonds is 12. The summed E-state index contributed by atoms with van der Waals surface area (Å²) in [6.45, 7) is 6.68. The van der Waals surface area contributed by atoms with E-state index >= 15 is 0 Å². The molecule has 0 fully saturated rings. The van der Waals surface area contributed by atoms with E-state index in [1.54, 1.807) is 24.4 Å². The monoisotopic (exact) mass is 403 g/mol. The molecule has 0 saturated heterocycles. The summed E-state index contributed by atoms with van der Waals surface area (Å²) in [7, 11) is 0. The molecule has 6 N–H and O–H groups in total. The number of halogens is 3. The fourth-order valence-electron chi connectivity index (χ4n) is 2.53. The van der Waals surface area contributed by atoms with E-state index in [-0.39, 0.29) is 11.6 Å². The fraction of sp³-hybridized carbons (Fsp3) is 0.444. The molecular weight excluding hydrogens is 375 g/mol. The Bertz CT molecular complexity index is 607. The summed E-state index contributed by atoms with van der Waals surface area (Å²) >= 11 is 1.28. The van der Waals surface area contributed by atoms with E-state index in [0.29, 0.717) is 23.7 Å². The molecule has 0 aliphatic rings. The molecule has 9 heteroatoms. The average Bonchev–Trinajstić information content (AvgIpc) is 2.62. The smallest absolute Gasteiger partial charge is 0.393 e. The topological polar surface area (TPSA) is 79.3 Å². The molecule has 0 amide bonds. The number of benzene rings is 1. The van der Waals surface area contributed by atoms with Crippen molar-refractivity contribution in [1.29, 1.82) is 0 Å². The Balaban J connectivity index is 3.13. The highest BCUT2D eigenvalue weighted by molar-refractivity contribution is 7.97. The highest BCUT2D eigenvalue weighted by Gasteiger charge is 2.30. The van der Waals surface area contributed by atoms with E-state index in [0.717, 1.165) is 12.8 Å². The fourth-order valence-corrected chi connectivity index (χ4v) is 3.71. The molecule has 5 nitrogen and oxygen atoms in total. The zero-order valence-corrected chi connectivity index (χ0v) is 16.2. The third-order valence-corrected chi connectivity index (χ3v) is 5.08. The molecule has 0 radical (unpaired) electrons. The van der Waals surface area contributed by atoms with Gasteiger partial charge in [0.15, 0.2) is 0 Å². The number of hydrogen-bond donors (Lipinski definition) is 4. The molecule has 27 heavy (non-hydrogen) atoms. The predicted molar refractivity (Wildman–Crippen MR) is 105 cm³/mol. The van der Waals surface area contributed by atoms with Crippen LogP contribution in [-0.2, 0) is 6.42 Å². The highest BCUT2D eigenvalue weighted by Crippen LogP contribution is 2.33. The number of alkyl halides is 3. The van der Waals surface area contributed by atoms with Crippen LogP contribution in [0, 0.1) is 0 Å². The first kappa shape index (κ1) is 23.2. The molecule has 1 unspecified atom stereocenters. The molecule has 0 aromatic heterocycles. The molecule has 0 aliphatic heterocycles. The summed E-state index contributed by atoms with van der Waals surface area (Å²) in [5, 5.41) is 3.09. The summed E-state index contributed by atoms with van der Waals surface area (Å²) in [5.41, 5.74) is 8.95. The van der Waals surface area contributed by atoms with Crippen molar-refractivity contribution in [3.8, 4) is 0 Å². The Labute approximate surface area is 163 Å². The van der Waals surface area contributed by atoms with E-state index in [1.165, 1.54) is 24.2 Å². The van der Waals surface area contributed by atoms with Crippen LogP contribution in [-0.4, -0.2) is 29.6 Å². The van der Waals surface area contributed by atoms with Crippen LogP contribution in [0.2, 0.25) is 0 Å². The summed E-state index contributed by atoms with van der Waals surface area (Å²) in [5.74, 6) is 5.50. The standard InChI is InChI=1S/C18H28F3N5S/c1-3-7-16(12-24-4-2)26(13-15(11-22)25-23)27-17-9-6-5-8-14(17)10-18(19,20)21/h4-6,8-9,11,16,24-25H,2-3,7,10,12-13,22-23H2,1H3/b15-11-. The molecule has 1 aromatic rings. The first-order valence-corrected chi connectivity index (χ1v) is 9.42. The van der Waals surface area contributed by atoms with Crippen molar-refractivity contribution in [2.75, 3.05) is 13.1 Å². The first-order valence-electron chi connectivity index (χ1n) is 8.65. The van der Waals surface area contributed by atoms with E-state index in [2.05, 4.69) is 24.2 Å². The van der Waals surface area contributed by atoms with E-state index in [1.807, 2.05) is 4.31 Å². The lowest BCUT2D eigenvalue weighted by Crippen LogP contribution is -2.41. The van der Waals surface area contributed by atoms with Gasteiger partial charge in [-0.1, -0.05) is 38.1 Å². The van der Waals surface area contributed by atoms with Gasteiger partial charge in [-0.3, -0.25) is 5.84 Å². The van der Waals surface area contributed by atoms with Crippen LogP contribution in [0.4, 0.5) is 13.2 Å². The number of hydrazine groups is 1. The van der Waals surface area contributed by atoms with Gasteiger partial charge in [0.05, 0.1) is 18.7 Å². The van der Waals surface area contributed by atoms with Crippen LogP contribution >= 0.6 is 11.9 Å². The molecule has 1 aromatic carbocycles. The van der Waals surface area contributed by atoms with Crippen molar-refractivity contribution in [1.82, 2.24) is 15.0 Å². The zero-order valence-electron chi connectivity index (χ0n) is 15.4. The molecule has 0 saturated carbocycles. The summed E-state index contributed by atoms with van der Waals surface area (Å²) in [6, 6.07) is 6.60. The second kappa shape index (κ2) is 11.8. The minimum Gasteiger partial charge on any atom is -0.403 e. The maximum atomic E-state index is 12.9. The lowest BCUT2D eigenvalue weighted by Gasteiger charge is -2.31. The third kappa shape index (κ3) is 8.59. The van der Waals surface area contributed by atoms with Crippen molar-refractivity contribution < 1.29 is 13.2 Å². The van der Waals surface area contributed by atoms with Crippen molar-refractivity contribution in [2.45, 2.75) is 43.3 Å². The van der Waals surface area contributed by atoms with E-state index in [4.69, 9.17) is 11.6 Å². The van der Waals surface area contributed by atoms with Gasteiger partial charge < -0.3 is 16.5 Å². The van der Waals surface area contributed by atoms with Crippen molar-refractivity contribution >= 4 is 11.9 Å². The average molecular weight is 404 g/mol. The largest absolute Gasteiger partial charge is 0.403 e. The van der Waals surface area contributed by atoms with Crippen LogP contribution < -0.4 is 22.3 Å². The Morgan fingerprint density at radius 1 is 1.37 bits per heavy atom. The third-order valence-electron chi connectivity index (χ3n) is 3.82. The molecule has 0 bridgehead atoms. The lowest BCUT2D eigenvalue weighted by atomic mass is 10.1. The van der Waals surface area contributed by atoms with E-state index < -0.39 is 12.6 Å². The quantitative estimate of drug-likeness (QED) is 0.244. The molecule has 0 heterocycles. The SMILES string of the molecule is C=CNCC(CCC)N(C/C(=C/N)NN)Sc1ccccc1CC(F)(F)F. The molecule has 1 atom stereocenters. The van der Waals surface area contributed by atoms with Gasteiger partial charge >= 0.3 is 6.18 Å². The summed E-state index contributed by atoms with van der Waals surface area (Å²) < 4.78 is 40.8. The van der Waals surface area contributed by atoms with Crippen molar-refractivity contribution in [2.24, 2.45) is 11.6 Å². The van der Waals surface area contributed by atoms with Crippen molar-refractivity contribution in [3.63, 3.8) is 0 Å². The second-order valence-electron chi connectivity index (χ2n) is 5.96. The maximum absolute atomic E-state index is 12.9. The van der Waals surface area contributed by atoms with Gasteiger partial charge in [-0.25, -0.2) is 4.31 Å². The number of nitrogens with two attached hydrogens (primary N) is 2. The molecule has 1 rings (SSSR count). The van der Waals surface area contributed by atoms with Crippen LogP contribution in [0.1, 0.15) is 25.3 Å². The minimum atomic E-state index is -4.27. The van der Waals surface area contributed by atoms with Gasteiger partial charge in [0.25, 0.3) is 0 Å². The zero-order chi connectivity index (χ0) is 20.3. The Morgan fingerprint density at radius 2 is 2.07 bits per heavy atom. The van der Waals surface area contributed by atoms with Gasteiger partial charge in [-0.15, -0.1) is 0 Å². The molecule has 0 spiro atoms. The summed E-state index contributed by atoms with van der Waals surface area (Å²) in [4.78, 5) is 0.558. The van der Waals surface area contributed by atoms with Crippen LogP contribution in [0.15, 0.2) is 53.8 Å². The van der Waals surface area contributed by atoms with Crippen molar-refractivity contribution in [3.05, 3.63) is 54.5 Å². The van der Waals surface area contributed by atoms with Crippen LogP contribution in [0.25, 0.3) is 0 Å². The predicted octanol–water partition coefficient (Wildman–Crippen LogP) is 3.27. The van der Waals surface area contributed by atoms with E-state index in [9.17, 15) is 13.2 Å².